The number of imide groups is 1. The van der Waals surface area contributed by atoms with Gasteiger partial charge in [0.2, 0.25) is 5.91 Å². The number of nitrogens with one attached hydrogen (secondary N) is 1. The largest absolute Gasteiger partial charge is 0.341 e. The highest BCUT2D eigenvalue weighted by Crippen LogP contribution is 2.29. The van der Waals surface area contributed by atoms with Crippen molar-refractivity contribution >= 4 is 17.7 Å². The topological polar surface area (TPSA) is 69.7 Å². The molecule has 1 N–H and O–H groups in total. The molecule has 134 valence electrons. The minimum absolute atomic E-state index is 0.122. The minimum atomic E-state index is -0.749. The van der Waals surface area contributed by atoms with E-state index < -0.39 is 6.04 Å². The van der Waals surface area contributed by atoms with E-state index in [1.165, 1.54) is 4.90 Å². The van der Waals surface area contributed by atoms with E-state index in [0.717, 1.165) is 13.0 Å². The van der Waals surface area contributed by atoms with E-state index in [1.807, 2.05) is 20.9 Å². The van der Waals surface area contributed by atoms with Crippen molar-refractivity contribution in [3.63, 3.8) is 0 Å². The molecule has 0 saturated carbocycles. The Morgan fingerprint density at radius 3 is 2.32 bits per heavy atom. The number of amides is 3. The highest BCUT2D eigenvalue weighted by atomic mass is 16.2. The lowest BCUT2D eigenvalue weighted by atomic mass is 10.0. The molecule has 1 saturated heterocycles. The second-order valence-corrected chi connectivity index (χ2v) is 7.21. The van der Waals surface area contributed by atoms with E-state index in [-0.39, 0.29) is 23.6 Å². The van der Waals surface area contributed by atoms with Crippen LogP contribution in [0.1, 0.15) is 41.0 Å². The third kappa shape index (κ3) is 3.06. The lowest BCUT2D eigenvalue weighted by Gasteiger charge is -2.32. The van der Waals surface area contributed by atoms with Gasteiger partial charge in [0, 0.05) is 13.1 Å². The third-order valence-corrected chi connectivity index (χ3v) is 5.08. The molecule has 2 atom stereocenters. The van der Waals surface area contributed by atoms with Crippen LogP contribution in [-0.4, -0.2) is 60.2 Å². The molecule has 0 radical (unpaired) electrons. The second kappa shape index (κ2) is 6.96. The van der Waals surface area contributed by atoms with Crippen molar-refractivity contribution in [2.45, 2.75) is 26.3 Å². The number of carbonyl (C=O) groups is 3. The van der Waals surface area contributed by atoms with Crippen LogP contribution in [-0.2, 0) is 4.79 Å². The highest BCUT2D eigenvalue weighted by molar-refractivity contribution is 6.22. The normalized spacial score (nSPS) is 21.2. The summed E-state index contributed by atoms with van der Waals surface area (Å²) < 4.78 is 0. The van der Waals surface area contributed by atoms with Crippen LogP contribution in [0.3, 0.4) is 0 Å². The molecule has 0 bridgehead atoms. The van der Waals surface area contributed by atoms with Crippen LogP contribution >= 0.6 is 0 Å². The van der Waals surface area contributed by atoms with Crippen LogP contribution in [0.2, 0.25) is 0 Å². The molecule has 3 rings (SSSR count). The summed E-state index contributed by atoms with van der Waals surface area (Å²) in [6.45, 7) is 5.98. The molecule has 2 aliphatic rings. The van der Waals surface area contributed by atoms with E-state index in [4.69, 9.17) is 0 Å². The quantitative estimate of drug-likeness (QED) is 0.820. The monoisotopic (exact) mass is 343 g/mol. The van der Waals surface area contributed by atoms with Crippen molar-refractivity contribution in [1.29, 1.82) is 0 Å². The van der Waals surface area contributed by atoms with Gasteiger partial charge < -0.3 is 10.2 Å². The van der Waals surface area contributed by atoms with Gasteiger partial charge in [-0.1, -0.05) is 26.0 Å². The zero-order valence-corrected chi connectivity index (χ0v) is 15.0. The van der Waals surface area contributed by atoms with Gasteiger partial charge in [-0.25, -0.2) is 0 Å². The van der Waals surface area contributed by atoms with Crippen LogP contribution in [0.15, 0.2) is 24.3 Å². The first kappa shape index (κ1) is 17.6. The number of benzene rings is 1. The highest BCUT2D eigenvalue weighted by Gasteiger charge is 2.45. The van der Waals surface area contributed by atoms with Gasteiger partial charge in [-0.15, -0.1) is 0 Å². The lowest BCUT2D eigenvalue weighted by Crippen LogP contribution is -2.53. The number of likely N-dealkylation sites (tertiary alicyclic amines) is 1. The number of fused-ring (bicyclic) bond motifs is 1. The predicted molar refractivity (Wildman–Crippen MR) is 94.2 cm³/mol. The van der Waals surface area contributed by atoms with E-state index in [1.54, 1.807) is 29.2 Å². The maximum atomic E-state index is 13.1. The summed E-state index contributed by atoms with van der Waals surface area (Å²) in [5.41, 5.74) is 0.779. The Morgan fingerprint density at radius 2 is 1.80 bits per heavy atom. The van der Waals surface area contributed by atoms with Gasteiger partial charge in [-0.3, -0.25) is 19.3 Å². The van der Waals surface area contributed by atoms with Crippen LogP contribution in [0.5, 0.6) is 0 Å². The van der Waals surface area contributed by atoms with Crippen LogP contribution in [0.25, 0.3) is 0 Å². The fourth-order valence-corrected chi connectivity index (χ4v) is 3.83. The molecule has 1 aromatic carbocycles. The predicted octanol–water partition coefficient (Wildman–Crippen LogP) is 1.38. The maximum Gasteiger partial charge on any atom is 0.262 e. The number of rotatable bonds is 5. The molecule has 2 unspecified atom stereocenters. The van der Waals surface area contributed by atoms with E-state index in [0.29, 0.717) is 30.1 Å². The molecule has 6 heteroatoms. The van der Waals surface area contributed by atoms with Crippen molar-refractivity contribution in [2.75, 3.05) is 26.7 Å². The molecule has 6 nitrogen and oxygen atoms in total. The van der Waals surface area contributed by atoms with Gasteiger partial charge in [0.1, 0.15) is 6.04 Å². The Labute approximate surface area is 148 Å². The molecular weight excluding hydrogens is 318 g/mol. The Bertz CT molecular complexity index is 666. The van der Waals surface area contributed by atoms with Gasteiger partial charge in [0.05, 0.1) is 11.1 Å². The van der Waals surface area contributed by atoms with Crippen LogP contribution in [0.4, 0.5) is 0 Å². The van der Waals surface area contributed by atoms with Crippen molar-refractivity contribution < 1.29 is 14.4 Å². The summed E-state index contributed by atoms with van der Waals surface area (Å²) >= 11 is 0. The molecule has 25 heavy (non-hydrogen) atoms. The summed E-state index contributed by atoms with van der Waals surface area (Å²) in [5.74, 6) is -0.567. The average Bonchev–Trinajstić information content (AvgIpc) is 3.15. The second-order valence-electron chi connectivity index (χ2n) is 7.21. The van der Waals surface area contributed by atoms with Gasteiger partial charge in [0.25, 0.3) is 11.8 Å². The summed E-state index contributed by atoms with van der Waals surface area (Å²) in [6.07, 6.45) is 0.944. The summed E-state index contributed by atoms with van der Waals surface area (Å²) in [4.78, 5) is 41.6. The van der Waals surface area contributed by atoms with E-state index in [9.17, 15) is 14.4 Å². The molecule has 0 spiro atoms. The fraction of sp³-hybridized carbons (Fsp3) is 0.526. The van der Waals surface area contributed by atoms with Crippen molar-refractivity contribution in [3.05, 3.63) is 35.4 Å². The van der Waals surface area contributed by atoms with Gasteiger partial charge in [-0.2, -0.15) is 0 Å². The summed E-state index contributed by atoms with van der Waals surface area (Å²) in [6, 6.07) is 6.03. The van der Waals surface area contributed by atoms with Gasteiger partial charge in [0.15, 0.2) is 0 Å². The van der Waals surface area contributed by atoms with Crippen molar-refractivity contribution in [2.24, 2.45) is 11.8 Å². The third-order valence-electron chi connectivity index (χ3n) is 5.08. The minimum Gasteiger partial charge on any atom is -0.341 e. The fourth-order valence-electron chi connectivity index (χ4n) is 3.83. The first-order valence-corrected chi connectivity index (χ1v) is 8.86. The summed E-state index contributed by atoms with van der Waals surface area (Å²) in [5, 5.41) is 3.15. The van der Waals surface area contributed by atoms with E-state index in [2.05, 4.69) is 5.32 Å². The Balaban J connectivity index is 1.84. The lowest BCUT2D eigenvalue weighted by molar-refractivity contribution is -0.135. The molecular formula is C19H25N3O3. The standard InChI is InChI=1S/C19H25N3O3/c1-12(2)16(19(25)21-9-8-13(11-21)10-20-3)22-17(23)14-6-4-5-7-15(14)18(22)24/h4-7,12-13,16,20H,8-11H2,1-3H3. The van der Waals surface area contributed by atoms with Gasteiger partial charge in [-0.05, 0) is 44.0 Å². The number of nitrogens with zero attached hydrogens (tertiary/aromatic N) is 2. The van der Waals surface area contributed by atoms with Gasteiger partial charge >= 0.3 is 0 Å². The smallest absolute Gasteiger partial charge is 0.262 e. The summed E-state index contributed by atoms with van der Waals surface area (Å²) in [7, 11) is 1.90. The first-order chi connectivity index (χ1) is 12.0. The Kier molecular flexibility index (Phi) is 4.90. The molecule has 0 aromatic heterocycles. The number of carbonyl (C=O) groups excluding carboxylic acids is 3. The average molecular weight is 343 g/mol. The molecule has 2 heterocycles. The zero-order valence-electron chi connectivity index (χ0n) is 15.0. The first-order valence-electron chi connectivity index (χ1n) is 8.86. The molecule has 3 amide bonds. The Hall–Kier alpha value is -2.21. The molecule has 1 aromatic rings. The van der Waals surface area contributed by atoms with Crippen LogP contribution < -0.4 is 5.32 Å². The molecule has 1 fully saturated rings. The molecule has 2 aliphatic heterocycles. The number of hydrogen-bond donors (Lipinski definition) is 1. The van der Waals surface area contributed by atoms with Crippen molar-refractivity contribution in [1.82, 2.24) is 15.1 Å². The van der Waals surface area contributed by atoms with Crippen LogP contribution in [0, 0.1) is 11.8 Å². The number of hydrogen-bond acceptors (Lipinski definition) is 4. The van der Waals surface area contributed by atoms with Crippen molar-refractivity contribution in [3.8, 4) is 0 Å². The Morgan fingerprint density at radius 1 is 1.20 bits per heavy atom. The zero-order chi connectivity index (χ0) is 18.1. The SMILES string of the molecule is CNCC1CCN(C(=O)C(C(C)C)N2C(=O)c3ccccc3C2=O)C1. The van der Waals surface area contributed by atoms with E-state index >= 15 is 0 Å². The maximum absolute atomic E-state index is 13.1. The molecule has 0 aliphatic carbocycles.